The van der Waals surface area contributed by atoms with Crippen molar-refractivity contribution in [2.45, 2.75) is 40.5 Å². The molecule has 0 saturated carbocycles. The molecule has 0 fully saturated rings. The second kappa shape index (κ2) is 7.99. The van der Waals surface area contributed by atoms with Gasteiger partial charge >= 0.3 is 0 Å². The van der Waals surface area contributed by atoms with Crippen molar-refractivity contribution in [2.75, 3.05) is 32.2 Å². The molecule has 26 heavy (non-hydrogen) atoms. The minimum atomic E-state index is -0.195. The SMILES string of the molecule is Cc1ccc(C)c(N2N=C(C(=O)NCC(C)(C)CN(C)C)CCC2=O)c1. The zero-order valence-electron chi connectivity index (χ0n) is 16.7. The normalized spacial score (nSPS) is 15.3. The average Bonchev–Trinajstić information content (AvgIpc) is 2.54. The largest absolute Gasteiger partial charge is 0.350 e. The van der Waals surface area contributed by atoms with Crippen molar-refractivity contribution in [1.82, 2.24) is 10.2 Å². The molecular weight excluding hydrogens is 328 g/mol. The van der Waals surface area contributed by atoms with Gasteiger partial charge < -0.3 is 10.2 Å². The third-order valence-corrected chi connectivity index (χ3v) is 4.36. The van der Waals surface area contributed by atoms with Gasteiger partial charge in [0.2, 0.25) is 5.91 Å². The van der Waals surface area contributed by atoms with Gasteiger partial charge in [0.25, 0.3) is 5.91 Å². The number of carbonyl (C=O) groups excluding carboxylic acids is 2. The Hall–Kier alpha value is -2.21. The highest BCUT2D eigenvalue weighted by Crippen LogP contribution is 2.25. The summed E-state index contributed by atoms with van der Waals surface area (Å²) in [6.07, 6.45) is 0.668. The van der Waals surface area contributed by atoms with E-state index in [9.17, 15) is 9.59 Å². The van der Waals surface area contributed by atoms with Gasteiger partial charge in [-0.3, -0.25) is 9.59 Å². The molecule has 0 unspecified atom stereocenters. The van der Waals surface area contributed by atoms with Crippen LogP contribution in [0.25, 0.3) is 0 Å². The van der Waals surface area contributed by atoms with E-state index in [1.807, 2.05) is 46.1 Å². The first kappa shape index (κ1) is 20.1. The van der Waals surface area contributed by atoms with Crippen molar-refractivity contribution in [3.05, 3.63) is 29.3 Å². The molecule has 2 rings (SSSR count). The van der Waals surface area contributed by atoms with Gasteiger partial charge in [-0.05, 0) is 50.6 Å². The molecule has 0 radical (unpaired) electrons. The van der Waals surface area contributed by atoms with Crippen molar-refractivity contribution in [1.29, 1.82) is 0 Å². The predicted octanol–water partition coefficient (Wildman–Crippen LogP) is 2.49. The molecule has 142 valence electrons. The summed E-state index contributed by atoms with van der Waals surface area (Å²) in [6.45, 7) is 9.56. The molecule has 2 amide bonds. The highest BCUT2D eigenvalue weighted by Gasteiger charge is 2.28. The van der Waals surface area contributed by atoms with Crippen LogP contribution in [0.2, 0.25) is 0 Å². The Labute approximate surface area is 156 Å². The molecule has 1 aliphatic heterocycles. The van der Waals surface area contributed by atoms with E-state index in [1.165, 1.54) is 5.01 Å². The van der Waals surface area contributed by atoms with Gasteiger partial charge in [-0.15, -0.1) is 0 Å². The van der Waals surface area contributed by atoms with E-state index in [-0.39, 0.29) is 17.2 Å². The highest BCUT2D eigenvalue weighted by molar-refractivity contribution is 6.40. The summed E-state index contributed by atoms with van der Waals surface area (Å²) in [4.78, 5) is 27.0. The molecule has 1 aromatic rings. The van der Waals surface area contributed by atoms with Gasteiger partial charge in [0.05, 0.1) is 5.69 Å². The summed E-state index contributed by atoms with van der Waals surface area (Å²) in [5.41, 5.74) is 3.12. The predicted molar refractivity (Wildman–Crippen MR) is 105 cm³/mol. The second-order valence-corrected chi connectivity index (χ2v) is 8.13. The number of hydrogen-bond acceptors (Lipinski definition) is 4. The maximum atomic E-state index is 12.6. The zero-order valence-corrected chi connectivity index (χ0v) is 16.7. The Bertz CT molecular complexity index is 723. The van der Waals surface area contributed by atoms with Gasteiger partial charge in [-0.1, -0.05) is 26.0 Å². The zero-order chi connectivity index (χ0) is 19.5. The van der Waals surface area contributed by atoms with Crippen molar-refractivity contribution >= 4 is 23.2 Å². The lowest BCUT2D eigenvalue weighted by atomic mass is 9.93. The molecule has 1 heterocycles. The van der Waals surface area contributed by atoms with Crippen LogP contribution in [-0.4, -0.2) is 49.6 Å². The van der Waals surface area contributed by atoms with E-state index >= 15 is 0 Å². The molecular formula is C20H30N4O2. The van der Waals surface area contributed by atoms with Crippen molar-refractivity contribution in [2.24, 2.45) is 10.5 Å². The quantitative estimate of drug-likeness (QED) is 0.850. The molecule has 0 aliphatic carbocycles. The molecule has 0 aromatic heterocycles. The van der Waals surface area contributed by atoms with Gasteiger partial charge in [0, 0.05) is 25.9 Å². The van der Waals surface area contributed by atoms with Crippen LogP contribution < -0.4 is 10.3 Å². The molecule has 1 aromatic carbocycles. The van der Waals surface area contributed by atoms with Crippen LogP contribution in [0.3, 0.4) is 0 Å². The minimum absolute atomic E-state index is 0.0446. The Kier molecular flexibility index (Phi) is 6.18. The number of amides is 2. The highest BCUT2D eigenvalue weighted by atomic mass is 16.2. The third-order valence-electron chi connectivity index (χ3n) is 4.36. The fourth-order valence-corrected chi connectivity index (χ4v) is 3.19. The number of hydrazone groups is 1. The maximum absolute atomic E-state index is 12.6. The van der Waals surface area contributed by atoms with E-state index in [4.69, 9.17) is 0 Å². The van der Waals surface area contributed by atoms with Crippen LogP contribution in [0.4, 0.5) is 5.69 Å². The average molecular weight is 358 g/mol. The fourth-order valence-electron chi connectivity index (χ4n) is 3.19. The van der Waals surface area contributed by atoms with Gasteiger partial charge in [0.1, 0.15) is 5.71 Å². The lowest BCUT2D eigenvalue weighted by molar-refractivity contribution is -0.119. The fraction of sp³-hybridized carbons (Fsp3) is 0.550. The number of carbonyl (C=O) groups is 2. The third kappa shape index (κ3) is 5.14. The smallest absolute Gasteiger partial charge is 0.267 e. The molecule has 0 saturated heterocycles. The number of rotatable bonds is 6. The van der Waals surface area contributed by atoms with Crippen LogP contribution >= 0.6 is 0 Å². The first-order valence-corrected chi connectivity index (χ1v) is 9.00. The summed E-state index contributed by atoms with van der Waals surface area (Å²) in [5, 5.41) is 8.73. The molecule has 6 heteroatoms. The van der Waals surface area contributed by atoms with Crippen LogP contribution in [-0.2, 0) is 9.59 Å². The van der Waals surface area contributed by atoms with E-state index in [0.29, 0.717) is 25.1 Å². The number of nitrogens with one attached hydrogen (secondary N) is 1. The van der Waals surface area contributed by atoms with E-state index in [2.05, 4.69) is 29.2 Å². The molecule has 0 bridgehead atoms. The first-order chi connectivity index (χ1) is 12.1. The summed E-state index contributed by atoms with van der Waals surface area (Å²) in [7, 11) is 4.03. The summed E-state index contributed by atoms with van der Waals surface area (Å²) < 4.78 is 0. The standard InChI is InChI=1S/C20H30N4O2/c1-14-7-8-15(2)17(11-14)24-18(25)10-9-16(22-24)19(26)21-12-20(3,4)13-23(5)6/h7-8,11H,9-10,12-13H2,1-6H3,(H,21,26). The molecule has 6 nitrogen and oxygen atoms in total. The number of aryl methyl sites for hydroxylation is 2. The summed E-state index contributed by atoms with van der Waals surface area (Å²) >= 11 is 0. The molecule has 1 aliphatic rings. The molecule has 0 atom stereocenters. The van der Waals surface area contributed by atoms with E-state index < -0.39 is 0 Å². The summed E-state index contributed by atoms with van der Waals surface area (Å²) in [5.74, 6) is -0.275. The van der Waals surface area contributed by atoms with Crippen molar-refractivity contribution in [3.8, 4) is 0 Å². The Balaban J connectivity index is 2.15. The van der Waals surface area contributed by atoms with Crippen molar-refractivity contribution < 1.29 is 9.59 Å². The maximum Gasteiger partial charge on any atom is 0.267 e. The number of benzene rings is 1. The Morgan fingerprint density at radius 1 is 1.27 bits per heavy atom. The lowest BCUT2D eigenvalue weighted by Gasteiger charge is -2.29. The Morgan fingerprint density at radius 2 is 1.96 bits per heavy atom. The van der Waals surface area contributed by atoms with Gasteiger partial charge in [-0.25, -0.2) is 5.01 Å². The second-order valence-electron chi connectivity index (χ2n) is 8.13. The first-order valence-electron chi connectivity index (χ1n) is 9.00. The lowest BCUT2D eigenvalue weighted by Crippen LogP contribution is -2.44. The molecule has 1 N–H and O–H groups in total. The minimum Gasteiger partial charge on any atom is -0.350 e. The van der Waals surface area contributed by atoms with Crippen LogP contribution in [0, 0.1) is 19.3 Å². The van der Waals surface area contributed by atoms with E-state index in [0.717, 1.165) is 23.4 Å². The van der Waals surface area contributed by atoms with Crippen LogP contribution in [0.1, 0.15) is 37.8 Å². The van der Waals surface area contributed by atoms with Gasteiger partial charge in [0.15, 0.2) is 0 Å². The number of hydrogen-bond donors (Lipinski definition) is 1. The van der Waals surface area contributed by atoms with Gasteiger partial charge in [-0.2, -0.15) is 5.10 Å². The topological polar surface area (TPSA) is 65.0 Å². The molecule has 0 spiro atoms. The number of nitrogens with zero attached hydrogens (tertiary/aromatic N) is 3. The van der Waals surface area contributed by atoms with Crippen LogP contribution in [0.5, 0.6) is 0 Å². The Morgan fingerprint density at radius 3 is 2.62 bits per heavy atom. The monoisotopic (exact) mass is 358 g/mol. The van der Waals surface area contributed by atoms with Crippen molar-refractivity contribution in [3.63, 3.8) is 0 Å². The van der Waals surface area contributed by atoms with E-state index in [1.54, 1.807) is 0 Å². The van der Waals surface area contributed by atoms with Crippen LogP contribution in [0.15, 0.2) is 23.3 Å². The summed E-state index contributed by atoms with van der Waals surface area (Å²) in [6, 6.07) is 5.89. The number of anilines is 1.